The summed E-state index contributed by atoms with van der Waals surface area (Å²) in [5.41, 5.74) is 2.43. The molecule has 120 valence electrons. The van der Waals surface area contributed by atoms with Gasteiger partial charge in [0, 0.05) is 16.3 Å². The van der Waals surface area contributed by atoms with Crippen molar-refractivity contribution in [1.29, 1.82) is 0 Å². The van der Waals surface area contributed by atoms with Crippen LogP contribution in [-0.4, -0.2) is 26.5 Å². The van der Waals surface area contributed by atoms with Crippen LogP contribution < -0.4 is 5.32 Å². The first-order valence-corrected chi connectivity index (χ1v) is 10.2. The molecule has 0 aromatic heterocycles. The number of hydrogen-bond donors (Lipinski definition) is 1. The van der Waals surface area contributed by atoms with Crippen molar-refractivity contribution in [3.63, 3.8) is 0 Å². The third-order valence-electron chi connectivity index (χ3n) is 3.56. The highest BCUT2D eigenvalue weighted by Gasteiger charge is 2.15. The van der Waals surface area contributed by atoms with Crippen molar-refractivity contribution < 1.29 is 8.42 Å². The molecule has 0 saturated carbocycles. The predicted octanol–water partition coefficient (Wildman–Crippen LogP) is 4.01. The number of halogens is 1. The van der Waals surface area contributed by atoms with E-state index in [1.54, 1.807) is 6.92 Å². The van der Waals surface area contributed by atoms with Crippen molar-refractivity contribution in [3.05, 3.63) is 33.8 Å². The summed E-state index contributed by atoms with van der Waals surface area (Å²) in [7, 11) is -2.87. The van der Waals surface area contributed by atoms with E-state index in [1.165, 1.54) is 11.1 Å². The molecule has 1 rings (SSSR count). The Hall–Kier alpha value is -0.390. The van der Waals surface area contributed by atoms with Crippen LogP contribution in [0.15, 0.2) is 22.7 Å². The largest absolute Gasteiger partial charge is 0.310 e. The summed E-state index contributed by atoms with van der Waals surface area (Å²) in [6.07, 6.45) is 2.59. The Labute approximate surface area is 137 Å². The molecule has 1 unspecified atom stereocenters. The quantitative estimate of drug-likeness (QED) is 0.708. The molecule has 0 bridgehead atoms. The van der Waals surface area contributed by atoms with Crippen LogP contribution in [0.5, 0.6) is 0 Å². The highest BCUT2D eigenvalue weighted by atomic mass is 79.9. The lowest BCUT2D eigenvalue weighted by molar-refractivity contribution is 0.490. The second kappa shape index (κ2) is 8.91. The summed E-state index contributed by atoms with van der Waals surface area (Å²) < 4.78 is 24.3. The Morgan fingerprint density at radius 1 is 1.29 bits per heavy atom. The first kappa shape index (κ1) is 18.7. The summed E-state index contributed by atoms with van der Waals surface area (Å²) in [6.45, 7) is 6.84. The molecule has 0 aliphatic rings. The van der Waals surface area contributed by atoms with Crippen molar-refractivity contribution in [3.8, 4) is 0 Å². The minimum Gasteiger partial charge on any atom is -0.310 e. The average molecular weight is 376 g/mol. The van der Waals surface area contributed by atoms with E-state index in [-0.39, 0.29) is 17.5 Å². The van der Waals surface area contributed by atoms with Gasteiger partial charge >= 0.3 is 0 Å². The van der Waals surface area contributed by atoms with Gasteiger partial charge < -0.3 is 5.32 Å². The van der Waals surface area contributed by atoms with E-state index in [0.717, 1.165) is 23.9 Å². The highest BCUT2D eigenvalue weighted by Crippen LogP contribution is 2.27. The molecule has 0 aliphatic heterocycles. The summed E-state index contributed by atoms with van der Waals surface area (Å²) in [6, 6.07) is 6.54. The van der Waals surface area contributed by atoms with Gasteiger partial charge in [0.1, 0.15) is 9.84 Å². The highest BCUT2D eigenvalue weighted by molar-refractivity contribution is 9.10. The van der Waals surface area contributed by atoms with Gasteiger partial charge in [-0.15, -0.1) is 0 Å². The molecule has 0 saturated heterocycles. The minimum absolute atomic E-state index is 0.201. The van der Waals surface area contributed by atoms with Gasteiger partial charge in [-0.2, -0.15) is 0 Å². The molecule has 0 radical (unpaired) electrons. The summed E-state index contributed by atoms with van der Waals surface area (Å²) in [5.74, 6) is 0.506. The van der Waals surface area contributed by atoms with Crippen LogP contribution in [0.2, 0.25) is 0 Å². The van der Waals surface area contributed by atoms with E-state index in [1.807, 2.05) is 0 Å². The smallest absolute Gasteiger partial charge is 0.150 e. The molecule has 0 aliphatic carbocycles. The van der Waals surface area contributed by atoms with Gasteiger partial charge in [0.25, 0.3) is 0 Å². The molecule has 5 heteroatoms. The van der Waals surface area contributed by atoms with Crippen LogP contribution in [-0.2, 0) is 9.84 Å². The van der Waals surface area contributed by atoms with E-state index in [4.69, 9.17) is 0 Å². The lowest BCUT2D eigenvalue weighted by Gasteiger charge is -2.20. The topological polar surface area (TPSA) is 46.2 Å². The van der Waals surface area contributed by atoms with Crippen LogP contribution in [0.25, 0.3) is 0 Å². The maximum atomic E-state index is 11.6. The standard InChI is InChI=1S/C16H26BrNO2S/c1-4-10-18-16(7-6-11-21(19,20)5-2)14-9-8-13(3)12-15(14)17/h8-9,12,16,18H,4-7,10-11H2,1-3H3. The Kier molecular flexibility index (Phi) is 7.92. The molecule has 21 heavy (non-hydrogen) atoms. The maximum absolute atomic E-state index is 11.6. The predicted molar refractivity (Wildman–Crippen MR) is 93.5 cm³/mol. The normalized spacial score (nSPS) is 13.3. The minimum atomic E-state index is -2.87. The molecular weight excluding hydrogens is 350 g/mol. The molecule has 0 amide bonds. The Bertz CT molecular complexity index is 543. The Balaban J connectivity index is 2.76. The van der Waals surface area contributed by atoms with E-state index in [2.05, 4.69) is 53.3 Å². The lowest BCUT2D eigenvalue weighted by atomic mass is 10.0. The van der Waals surface area contributed by atoms with Crippen LogP contribution in [0.4, 0.5) is 0 Å². The Morgan fingerprint density at radius 3 is 2.57 bits per heavy atom. The van der Waals surface area contributed by atoms with Gasteiger partial charge in [-0.1, -0.05) is 41.9 Å². The molecular formula is C16H26BrNO2S. The number of hydrogen-bond acceptors (Lipinski definition) is 3. The van der Waals surface area contributed by atoms with E-state index < -0.39 is 9.84 Å². The number of aryl methyl sites for hydroxylation is 1. The van der Waals surface area contributed by atoms with Crippen molar-refractivity contribution in [1.82, 2.24) is 5.32 Å². The zero-order chi connectivity index (χ0) is 15.9. The molecule has 3 nitrogen and oxygen atoms in total. The molecule has 1 aromatic carbocycles. The number of rotatable bonds is 9. The van der Waals surface area contributed by atoms with Crippen molar-refractivity contribution in [2.45, 2.75) is 46.1 Å². The third-order valence-corrected chi connectivity index (χ3v) is 6.04. The van der Waals surface area contributed by atoms with Gasteiger partial charge in [-0.05, 0) is 49.9 Å². The monoisotopic (exact) mass is 375 g/mol. The Morgan fingerprint density at radius 2 is 2.00 bits per heavy atom. The first-order valence-electron chi connectivity index (χ1n) is 7.59. The van der Waals surface area contributed by atoms with E-state index >= 15 is 0 Å². The second-order valence-electron chi connectivity index (χ2n) is 5.41. The first-order chi connectivity index (χ1) is 9.89. The number of sulfone groups is 1. The zero-order valence-corrected chi connectivity index (χ0v) is 15.6. The van der Waals surface area contributed by atoms with Crippen LogP contribution in [0.3, 0.4) is 0 Å². The van der Waals surface area contributed by atoms with Gasteiger partial charge in [0.05, 0.1) is 5.75 Å². The summed E-state index contributed by atoms with van der Waals surface area (Å²) in [5, 5.41) is 3.53. The fourth-order valence-electron chi connectivity index (χ4n) is 2.25. The fourth-order valence-corrected chi connectivity index (χ4v) is 3.92. The average Bonchev–Trinajstić information content (AvgIpc) is 2.43. The van der Waals surface area contributed by atoms with E-state index in [9.17, 15) is 8.42 Å². The van der Waals surface area contributed by atoms with Gasteiger partial charge in [0.15, 0.2) is 0 Å². The van der Waals surface area contributed by atoms with Crippen LogP contribution >= 0.6 is 15.9 Å². The van der Waals surface area contributed by atoms with Gasteiger partial charge in [-0.3, -0.25) is 0 Å². The SMILES string of the molecule is CCCNC(CCCS(=O)(=O)CC)c1ccc(C)cc1Br. The molecule has 1 atom stereocenters. The summed E-state index contributed by atoms with van der Waals surface area (Å²) >= 11 is 3.63. The molecule has 0 spiro atoms. The van der Waals surface area contributed by atoms with Crippen LogP contribution in [0, 0.1) is 6.92 Å². The van der Waals surface area contributed by atoms with Crippen molar-refractivity contribution in [2.24, 2.45) is 0 Å². The third kappa shape index (κ3) is 6.49. The second-order valence-corrected chi connectivity index (χ2v) is 8.74. The fraction of sp³-hybridized carbons (Fsp3) is 0.625. The maximum Gasteiger partial charge on any atom is 0.150 e. The molecule has 1 N–H and O–H groups in total. The lowest BCUT2D eigenvalue weighted by Crippen LogP contribution is -2.23. The molecule has 0 heterocycles. The molecule has 0 fully saturated rings. The number of nitrogens with one attached hydrogen (secondary N) is 1. The van der Waals surface area contributed by atoms with Crippen molar-refractivity contribution in [2.75, 3.05) is 18.1 Å². The number of benzene rings is 1. The van der Waals surface area contributed by atoms with Gasteiger partial charge in [-0.25, -0.2) is 8.42 Å². The summed E-state index contributed by atoms with van der Waals surface area (Å²) in [4.78, 5) is 0. The molecule has 1 aromatic rings. The van der Waals surface area contributed by atoms with E-state index in [0.29, 0.717) is 6.42 Å². The van der Waals surface area contributed by atoms with Crippen LogP contribution in [0.1, 0.15) is 50.3 Å². The van der Waals surface area contributed by atoms with Gasteiger partial charge in [0.2, 0.25) is 0 Å². The zero-order valence-electron chi connectivity index (χ0n) is 13.2. The van der Waals surface area contributed by atoms with Crippen molar-refractivity contribution >= 4 is 25.8 Å².